The predicted molar refractivity (Wildman–Crippen MR) is 108 cm³/mol. The van der Waals surface area contributed by atoms with Gasteiger partial charge in [-0.1, -0.05) is 25.3 Å². The highest BCUT2D eigenvalue weighted by molar-refractivity contribution is 5.80. The van der Waals surface area contributed by atoms with E-state index in [0.29, 0.717) is 31.0 Å². The molecule has 6 nitrogen and oxygen atoms in total. The van der Waals surface area contributed by atoms with Crippen LogP contribution in [0.15, 0.2) is 18.2 Å². The fourth-order valence-electron chi connectivity index (χ4n) is 4.26. The summed E-state index contributed by atoms with van der Waals surface area (Å²) in [4.78, 5) is 26.6. The minimum absolute atomic E-state index is 0.173. The molecule has 6 heteroatoms. The maximum Gasteiger partial charge on any atom is 0.223 e. The molecule has 0 bridgehead atoms. The Morgan fingerprint density at radius 2 is 1.89 bits per heavy atom. The highest BCUT2D eigenvalue weighted by atomic mass is 16.5. The van der Waals surface area contributed by atoms with Gasteiger partial charge in [0.25, 0.3) is 0 Å². The first kappa shape index (κ1) is 20.5. The van der Waals surface area contributed by atoms with E-state index in [1.54, 1.807) is 14.2 Å². The zero-order valence-corrected chi connectivity index (χ0v) is 17.0. The average Bonchev–Trinajstić information content (AvgIpc) is 3.10. The summed E-state index contributed by atoms with van der Waals surface area (Å²) >= 11 is 0. The van der Waals surface area contributed by atoms with Gasteiger partial charge in [0.15, 0.2) is 11.5 Å². The highest BCUT2D eigenvalue weighted by Gasteiger charge is 2.30. The van der Waals surface area contributed by atoms with Crippen LogP contribution in [0.5, 0.6) is 11.5 Å². The zero-order valence-electron chi connectivity index (χ0n) is 17.0. The average molecular weight is 389 g/mol. The van der Waals surface area contributed by atoms with E-state index in [9.17, 15) is 9.59 Å². The minimum atomic E-state index is 0.173. The number of hydrogen-bond acceptors (Lipinski definition) is 4. The van der Waals surface area contributed by atoms with Crippen LogP contribution < -0.4 is 14.8 Å². The van der Waals surface area contributed by atoms with Crippen molar-refractivity contribution >= 4 is 11.8 Å². The number of hydrogen-bond donors (Lipinski definition) is 1. The van der Waals surface area contributed by atoms with E-state index in [4.69, 9.17) is 9.47 Å². The SMILES string of the molecule is COc1ccc(CCN2CC(CNC(=O)C3CCCCC3)CC2=O)cc1OC. The smallest absolute Gasteiger partial charge is 0.223 e. The van der Waals surface area contributed by atoms with Crippen molar-refractivity contribution in [1.82, 2.24) is 10.2 Å². The van der Waals surface area contributed by atoms with Crippen LogP contribution in [0.1, 0.15) is 44.1 Å². The molecule has 1 aromatic rings. The maximum absolute atomic E-state index is 12.3. The van der Waals surface area contributed by atoms with Crippen molar-refractivity contribution in [2.45, 2.75) is 44.9 Å². The Morgan fingerprint density at radius 1 is 1.14 bits per heavy atom. The Labute approximate surface area is 167 Å². The first-order valence-corrected chi connectivity index (χ1v) is 10.4. The van der Waals surface area contributed by atoms with Gasteiger partial charge in [0.05, 0.1) is 14.2 Å². The topological polar surface area (TPSA) is 67.9 Å². The molecule has 0 spiro atoms. The van der Waals surface area contributed by atoms with Gasteiger partial charge in [-0.05, 0) is 37.0 Å². The van der Waals surface area contributed by atoms with Crippen LogP contribution in [-0.4, -0.2) is 50.6 Å². The molecule has 1 N–H and O–H groups in total. The Kier molecular flexibility index (Phi) is 7.18. The molecule has 28 heavy (non-hydrogen) atoms. The van der Waals surface area contributed by atoms with E-state index >= 15 is 0 Å². The Hall–Kier alpha value is -2.24. The van der Waals surface area contributed by atoms with Gasteiger partial charge in [-0.2, -0.15) is 0 Å². The number of ether oxygens (including phenoxy) is 2. The third-order valence-electron chi connectivity index (χ3n) is 5.95. The molecule has 1 heterocycles. The van der Waals surface area contributed by atoms with Crippen LogP contribution in [0.4, 0.5) is 0 Å². The van der Waals surface area contributed by atoms with Crippen molar-refractivity contribution in [3.8, 4) is 11.5 Å². The van der Waals surface area contributed by atoms with Crippen LogP contribution in [0.3, 0.4) is 0 Å². The molecule has 0 radical (unpaired) electrons. The second-order valence-corrected chi connectivity index (χ2v) is 7.93. The normalized spacial score (nSPS) is 20.3. The predicted octanol–water partition coefficient (Wildman–Crippen LogP) is 2.79. The number of methoxy groups -OCH3 is 2. The lowest BCUT2D eigenvalue weighted by Gasteiger charge is -2.22. The van der Waals surface area contributed by atoms with Crippen molar-refractivity contribution in [3.05, 3.63) is 23.8 Å². The molecule has 1 saturated carbocycles. The fraction of sp³-hybridized carbons (Fsp3) is 0.636. The third kappa shape index (κ3) is 5.18. The number of likely N-dealkylation sites (tertiary alicyclic amines) is 1. The molecule has 1 aromatic carbocycles. The summed E-state index contributed by atoms with van der Waals surface area (Å²) in [5.74, 6) is 2.15. The second kappa shape index (κ2) is 9.80. The van der Waals surface area contributed by atoms with Gasteiger partial charge in [-0.15, -0.1) is 0 Å². The van der Waals surface area contributed by atoms with Crippen molar-refractivity contribution in [2.75, 3.05) is 33.9 Å². The third-order valence-corrected chi connectivity index (χ3v) is 5.95. The molecule has 1 saturated heterocycles. The molecule has 2 fully saturated rings. The Balaban J connectivity index is 1.45. The molecule has 2 aliphatic rings. The lowest BCUT2D eigenvalue weighted by atomic mass is 9.88. The molecule has 3 rings (SSSR count). The van der Waals surface area contributed by atoms with Gasteiger partial charge < -0.3 is 19.7 Å². The van der Waals surface area contributed by atoms with E-state index < -0.39 is 0 Å². The van der Waals surface area contributed by atoms with Crippen molar-refractivity contribution < 1.29 is 19.1 Å². The van der Waals surface area contributed by atoms with Gasteiger partial charge in [-0.3, -0.25) is 9.59 Å². The van der Waals surface area contributed by atoms with E-state index in [-0.39, 0.29) is 23.7 Å². The molecule has 1 atom stereocenters. The lowest BCUT2D eigenvalue weighted by Crippen LogP contribution is -2.36. The van der Waals surface area contributed by atoms with Crippen molar-refractivity contribution in [1.29, 1.82) is 0 Å². The molecular formula is C22H32N2O4. The summed E-state index contributed by atoms with van der Waals surface area (Å²) < 4.78 is 10.6. The van der Waals surface area contributed by atoms with Gasteiger partial charge in [0, 0.05) is 37.9 Å². The fourth-order valence-corrected chi connectivity index (χ4v) is 4.26. The van der Waals surface area contributed by atoms with Crippen LogP contribution in [0.25, 0.3) is 0 Å². The van der Waals surface area contributed by atoms with Gasteiger partial charge in [0.2, 0.25) is 11.8 Å². The van der Waals surface area contributed by atoms with E-state index in [0.717, 1.165) is 44.2 Å². The zero-order chi connectivity index (χ0) is 19.9. The van der Waals surface area contributed by atoms with Crippen LogP contribution in [0.2, 0.25) is 0 Å². The summed E-state index contributed by atoms with van der Waals surface area (Å²) in [6, 6.07) is 5.86. The summed E-state index contributed by atoms with van der Waals surface area (Å²) in [5.41, 5.74) is 1.11. The maximum atomic E-state index is 12.3. The first-order chi connectivity index (χ1) is 13.6. The quantitative estimate of drug-likeness (QED) is 0.744. The number of carbonyl (C=O) groups excluding carboxylic acids is 2. The van der Waals surface area contributed by atoms with Crippen molar-refractivity contribution in [3.63, 3.8) is 0 Å². The molecule has 1 aliphatic carbocycles. The van der Waals surface area contributed by atoms with Crippen LogP contribution in [0, 0.1) is 11.8 Å². The van der Waals surface area contributed by atoms with Crippen LogP contribution >= 0.6 is 0 Å². The minimum Gasteiger partial charge on any atom is -0.493 e. The van der Waals surface area contributed by atoms with E-state index in [2.05, 4.69) is 5.32 Å². The van der Waals surface area contributed by atoms with Gasteiger partial charge in [-0.25, -0.2) is 0 Å². The second-order valence-electron chi connectivity index (χ2n) is 7.93. The van der Waals surface area contributed by atoms with Crippen molar-refractivity contribution in [2.24, 2.45) is 11.8 Å². The van der Waals surface area contributed by atoms with E-state index in [1.807, 2.05) is 23.1 Å². The molecule has 0 aromatic heterocycles. The lowest BCUT2D eigenvalue weighted by molar-refractivity contribution is -0.128. The standard InChI is InChI=1S/C22H32N2O4/c1-27-19-9-8-16(12-20(19)28-2)10-11-24-15-17(13-21(24)25)14-23-22(26)18-6-4-3-5-7-18/h8-9,12,17-18H,3-7,10-11,13-15H2,1-2H3,(H,23,26). The van der Waals surface area contributed by atoms with Crippen LogP contribution in [-0.2, 0) is 16.0 Å². The summed E-state index contributed by atoms with van der Waals surface area (Å²) in [7, 11) is 3.24. The Morgan fingerprint density at radius 3 is 2.61 bits per heavy atom. The van der Waals surface area contributed by atoms with E-state index in [1.165, 1.54) is 6.42 Å². The molecular weight excluding hydrogens is 356 g/mol. The number of rotatable bonds is 8. The number of benzene rings is 1. The molecule has 1 aliphatic heterocycles. The molecule has 2 amide bonds. The summed E-state index contributed by atoms with van der Waals surface area (Å²) in [5, 5.41) is 3.09. The Bertz CT molecular complexity index is 685. The first-order valence-electron chi connectivity index (χ1n) is 10.4. The van der Waals surface area contributed by atoms with Gasteiger partial charge in [0.1, 0.15) is 0 Å². The number of amides is 2. The number of carbonyl (C=O) groups is 2. The van der Waals surface area contributed by atoms with Gasteiger partial charge >= 0.3 is 0 Å². The molecule has 154 valence electrons. The highest BCUT2D eigenvalue weighted by Crippen LogP contribution is 2.28. The summed E-state index contributed by atoms with van der Waals surface area (Å²) in [6.07, 6.45) is 6.87. The monoisotopic (exact) mass is 388 g/mol. The molecule has 1 unspecified atom stereocenters. The number of nitrogens with one attached hydrogen (secondary N) is 1. The largest absolute Gasteiger partial charge is 0.493 e. The number of nitrogens with zero attached hydrogens (tertiary/aromatic N) is 1. The summed E-state index contributed by atoms with van der Waals surface area (Å²) in [6.45, 7) is 2.01.